The van der Waals surface area contributed by atoms with Crippen LogP contribution in [0.2, 0.25) is 0 Å². The minimum atomic E-state index is -0.328. The van der Waals surface area contributed by atoms with E-state index in [2.05, 4.69) is 10.1 Å². The van der Waals surface area contributed by atoms with Gasteiger partial charge < -0.3 is 15.8 Å². The van der Waals surface area contributed by atoms with Gasteiger partial charge in [-0.15, -0.1) is 0 Å². The Kier molecular flexibility index (Phi) is 6.60. The Morgan fingerprint density at radius 2 is 1.89 bits per heavy atom. The third kappa shape index (κ3) is 6.01. The Hall–Kier alpha value is -1.88. The highest BCUT2D eigenvalue weighted by Gasteiger charge is 2.03. The van der Waals surface area contributed by atoms with Crippen LogP contribution in [0.15, 0.2) is 24.3 Å². The van der Waals surface area contributed by atoms with Gasteiger partial charge in [0.15, 0.2) is 0 Å². The van der Waals surface area contributed by atoms with Crippen LogP contribution in [0.4, 0.5) is 0 Å². The average molecular weight is 264 g/mol. The van der Waals surface area contributed by atoms with Crippen LogP contribution in [-0.2, 0) is 16.1 Å². The molecular weight excluding hydrogens is 244 g/mol. The van der Waals surface area contributed by atoms with E-state index in [1.54, 1.807) is 12.1 Å². The quantitative estimate of drug-likeness (QED) is 0.546. The van der Waals surface area contributed by atoms with Crippen LogP contribution in [0.5, 0.6) is 0 Å². The van der Waals surface area contributed by atoms with Gasteiger partial charge in [0.2, 0.25) is 5.91 Å². The van der Waals surface area contributed by atoms with E-state index in [1.165, 1.54) is 7.11 Å². The van der Waals surface area contributed by atoms with E-state index in [-0.39, 0.29) is 11.9 Å². The zero-order valence-corrected chi connectivity index (χ0v) is 11.1. The van der Waals surface area contributed by atoms with Crippen LogP contribution in [0.1, 0.15) is 35.2 Å². The predicted molar refractivity (Wildman–Crippen MR) is 72.5 cm³/mol. The summed E-state index contributed by atoms with van der Waals surface area (Å²) >= 11 is 0. The van der Waals surface area contributed by atoms with Gasteiger partial charge in [0, 0.05) is 13.0 Å². The highest BCUT2D eigenvalue weighted by Crippen LogP contribution is 2.05. The van der Waals surface area contributed by atoms with Gasteiger partial charge in [-0.05, 0) is 37.1 Å². The number of benzene rings is 1. The summed E-state index contributed by atoms with van der Waals surface area (Å²) in [6.07, 6.45) is 2.17. The monoisotopic (exact) mass is 264 g/mol. The van der Waals surface area contributed by atoms with Crippen LogP contribution in [0.3, 0.4) is 0 Å². The van der Waals surface area contributed by atoms with Gasteiger partial charge >= 0.3 is 5.97 Å². The number of amides is 1. The molecule has 0 aliphatic carbocycles. The maximum atomic E-state index is 11.2. The van der Waals surface area contributed by atoms with E-state index in [0.29, 0.717) is 12.0 Å². The fraction of sp³-hybridized carbons (Fsp3) is 0.429. The minimum absolute atomic E-state index is 0.251. The summed E-state index contributed by atoms with van der Waals surface area (Å²) in [6.45, 7) is 1.57. The second-order valence-electron chi connectivity index (χ2n) is 4.29. The van der Waals surface area contributed by atoms with Crippen molar-refractivity contribution in [1.82, 2.24) is 5.32 Å². The summed E-state index contributed by atoms with van der Waals surface area (Å²) in [5, 5.41) is 3.27. The molecule has 0 saturated carbocycles. The molecule has 3 N–H and O–H groups in total. The SMILES string of the molecule is COC(=O)c1ccc(CNCCCCC(N)=O)cc1. The number of primary amides is 1. The summed E-state index contributed by atoms with van der Waals surface area (Å²) in [4.78, 5) is 21.8. The molecule has 0 fully saturated rings. The van der Waals surface area contributed by atoms with Crippen LogP contribution in [0, 0.1) is 0 Å². The van der Waals surface area contributed by atoms with Gasteiger partial charge in [0.05, 0.1) is 12.7 Å². The molecule has 0 aliphatic heterocycles. The first kappa shape index (κ1) is 15.2. The van der Waals surface area contributed by atoms with Crippen molar-refractivity contribution in [2.24, 2.45) is 5.73 Å². The summed E-state index contributed by atoms with van der Waals surface area (Å²) < 4.78 is 4.63. The van der Waals surface area contributed by atoms with Gasteiger partial charge in [-0.2, -0.15) is 0 Å². The molecule has 19 heavy (non-hydrogen) atoms. The fourth-order valence-electron chi connectivity index (χ4n) is 1.66. The van der Waals surface area contributed by atoms with Crippen molar-refractivity contribution in [1.29, 1.82) is 0 Å². The highest BCUT2D eigenvalue weighted by molar-refractivity contribution is 5.89. The molecule has 1 aromatic rings. The molecule has 0 atom stereocenters. The van der Waals surface area contributed by atoms with Gasteiger partial charge in [-0.25, -0.2) is 4.79 Å². The molecule has 0 aromatic heterocycles. The van der Waals surface area contributed by atoms with Gasteiger partial charge in [0.25, 0.3) is 0 Å². The zero-order valence-electron chi connectivity index (χ0n) is 11.1. The number of nitrogens with one attached hydrogen (secondary N) is 1. The van der Waals surface area contributed by atoms with E-state index in [9.17, 15) is 9.59 Å². The molecule has 104 valence electrons. The Labute approximate surface area is 113 Å². The van der Waals surface area contributed by atoms with Gasteiger partial charge in [-0.3, -0.25) is 4.79 Å². The zero-order chi connectivity index (χ0) is 14.1. The number of unbranched alkanes of at least 4 members (excludes halogenated alkanes) is 1. The number of nitrogens with two attached hydrogens (primary N) is 1. The lowest BCUT2D eigenvalue weighted by atomic mass is 10.1. The number of ether oxygens (including phenoxy) is 1. The lowest BCUT2D eigenvalue weighted by Gasteiger charge is -2.05. The first-order chi connectivity index (χ1) is 9.13. The first-order valence-corrected chi connectivity index (χ1v) is 6.29. The summed E-state index contributed by atoms with van der Waals surface area (Å²) in [5.41, 5.74) is 6.70. The second kappa shape index (κ2) is 8.26. The van der Waals surface area contributed by atoms with E-state index < -0.39 is 0 Å². The predicted octanol–water partition coefficient (Wildman–Crippen LogP) is 1.22. The summed E-state index contributed by atoms with van der Waals surface area (Å²) in [7, 11) is 1.36. The Balaban J connectivity index is 2.23. The Morgan fingerprint density at radius 3 is 2.47 bits per heavy atom. The van der Waals surface area contributed by atoms with Crippen LogP contribution < -0.4 is 11.1 Å². The van der Waals surface area contributed by atoms with E-state index in [4.69, 9.17) is 5.73 Å². The normalized spacial score (nSPS) is 10.2. The lowest BCUT2D eigenvalue weighted by Crippen LogP contribution is -2.16. The average Bonchev–Trinajstić information content (AvgIpc) is 2.42. The minimum Gasteiger partial charge on any atom is -0.465 e. The van der Waals surface area contributed by atoms with Gasteiger partial charge in [-0.1, -0.05) is 12.1 Å². The molecule has 0 aliphatic rings. The molecule has 0 spiro atoms. The first-order valence-electron chi connectivity index (χ1n) is 6.29. The van der Waals surface area contributed by atoms with Crippen LogP contribution >= 0.6 is 0 Å². The third-order valence-electron chi connectivity index (χ3n) is 2.73. The number of carbonyl (C=O) groups excluding carboxylic acids is 2. The Morgan fingerprint density at radius 1 is 1.21 bits per heavy atom. The lowest BCUT2D eigenvalue weighted by molar-refractivity contribution is -0.118. The topological polar surface area (TPSA) is 81.4 Å². The van der Waals surface area contributed by atoms with E-state index in [0.717, 1.165) is 31.5 Å². The third-order valence-corrected chi connectivity index (χ3v) is 2.73. The molecule has 0 heterocycles. The van der Waals surface area contributed by atoms with E-state index >= 15 is 0 Å². The molecule has 1 aromatic carbocycles. The standard InChI is InChI=1S/C14H20N2O3/c1-19-14(18)12-7-5-11(6-8-12)10-16-9-3-2-4-13(15)17/h5-8,16H,2-4,9-10H2,1H3,(H2,15,17). The molecule has 5 nitrogen and oxygen atoms in total. The van der Waals surface area contributed by atoms with Crippen molar-refractivity contribution >= 4 is 11.9 Å². The molecule has 1 rings (SSSR count). The van der Waals surface area contributed by atoms with Crippen molar-refractivity contribution in [3.05, 3.63) is 35.4 Å². The van der Waals surface area contributed by atoms with E-state index in [1.807, 2.05) is 12.1 Å². The number of hydrogen-bond donors (Lipinski definition) is 2. The number of methoxy groups -OCH3 is 1. The summed E-state index contributed by atoms with van der Waals surface area (Å²) in [5.74, 6) is -0.579. The molecule has 1 amide bonds. The number of carbonyl (C=O) groups is 2. The number of hydrogen-bond acceptors (Lipinski definition) is 4. The summed E-state index contributed by atoms with van der Waals surface area (Å²) in [6, 6.07) is 7.27. The fourth-order valence-corrected chi connectivity index (χ4v) is 1.66. The van der Waals surface area contributed by atoms with Crippen molar-refractivity contribution in [2.45, 2.75) is 25.8 Å². The number of rotatable bonds is 8. The molecule has 0 unspecified atom stereocenters. The molecule has 5 heteroatoms. The second-order valence-corrected chi connectivity index (χ2v) is 4.29. The molecular formula is C14H20N2O3. The molecule has 0 radical (unpaired) electrons. The largest absolute Gasteiger partial charge is 0.465 e. The van der Waals surface area contributed by atoms with Crippen LogP contribution in [-0.4, -0.2) is 25.5 Å². The maximum Gasteiger partial charge on any atom is 0.337 e. The highest BCUT2D eigenvalue weighted by atomic mass is 16.5. The smallest absolute Gasteiger partial charge is 0.337 e. The molecule has 0 bridgehead atoms. The van der Waals surface area contributed by atoms with Crippen molar-refractivity contribution in [3.63, 3.8) is 0 Å². The van der Waals surface area contributed by atoms with Gasteiger partial charge in [0.1, 0.15) is 0 Å². The van der Waals surface area contributed by atoms with Crippen molar-refractivity contribution in [2.75, 3.05) is 13.7 Å². The number of esters is 1. The molecule has 0 saturated heterocycles. The van der Waals surface area contributed by atoms with Crippen LogP contribution in [0.25, 0.3) is 0 Å². The van der Waals surface area contributed by atoms with Crippen molar-refractivity contribution in [3.8, 4) is 0 Å². The van der Waals surface area contributed by atoms with Crippen molar-refractivity contribution < 1.29 is 14.3 Å². The Bertz CT molecular complexity index is 415. The maximum absolute atomic E-state index is 11.2.